The highest BCUT2D eigenvalue weighted by molar-refractivity contribution is 5.79. The first-order valence-electron chi connectivity index (χ1n) is 7.45. The normalized spacial score (nSPS) is 15.0. The fourth-order valence-electron chi connectivity index (χ4n) is 2.02. The molecule has 0 aromatic carbocycles. The lowest BCUT2D eigenvalue weighted by molar-refractivity contribution is -0.115. The van der Waals surface area contributed by atoms with Crippen LogP contribution in [0.2, 0.25) is 0 Å². The third-order valence-corrected chi connectivity index (χ3v) is 3.17. The lowest BCUT2D eigenvalue weighted by atomic mass is 10.1. The molecule has 0 radical (unpaired) electrons. The lowest BCUT2D eigenvalue weighted by Gasteiger charge is -2.17. The second-order valence-electron chi connectivity index (χ2n) is 4.92. The molecule has 1 rings (SSSR count). The van der Waals surface area contributed by atoms with Crippen LogP contribution >= 0.6 is 0 Å². The molecule has 1 heterocycles. The molecule has 1 aliphatic heterocycles. The average molecular weight is 324 g/mol. The van der Waals surface area contributed by atoms with Crippen molar-refractivity contribution in [1.29, 1.82) is 5.26 Å². The van der Waals surface area contributed by atoms with E-state index >= 15 is 0 Å². The van der Waals surface area contributed by atoms with Crippen LogP contribution in [0.4, 0.5) is 0 Å². The van der Waals surface area contributed by atoms with Crippen molar-refractivity contribution in [2.24, 2.45) is 0 Å². The van der Waals surface area contributed by atoms with E-state index in [1.807, 2.05) is 6.08 Å². The summed E-state index contributed by atoms with van der Waals surface area (Å²) in [6, 6.07) is 2.07. The quantitative estimate of drug-likeness (QED) is 0.214. The maximum atomic E-state index is 11.4. The van der Waals surface area contributed by atoms with Crippen molar-refractivity contribution in [3.8, 4) is 6.07 Å². The molecule has 24 heavy (non-hydrogen) atoms. The zero-order valence-electron chi connectivity index (χ0n) is 13.6. The van der Waals surface area contributed by atoms with Gasteiger partial charge in [0.05, 0.1) is 17.9 Å². The van der Waals surface area contributed by atoms with Gasteiger partial charge in [-0.3, -0.25) is 9.59 Å². The number of aldehydes is 1. The Labute approximate surface area is 142 Å². The minimum absolute atomic E-state index is 0.245. The molecule has 0 atom stereocenters. The largest absolute Gasteiger partial charge is 0.465 e. The van der Waals surface area contributed by atoms with E-state index in [0.717, 1.165) is 5.57 Å². The van der Waals surface area contributed by atoms with Crippen molar-refractivity contribution in [3.05, 3.63) is 71.9 Å². The fourth-order valence-corrected chi connectivity index (χ4v) is 2.02. The number of carbonyl (C=O) groups excluding carboxylic acids is 2. The maximum absolute atomic E-state index is 11.4. The Hall–Kier alpha value is -3.13. The summed E-state index contributed by atoms with van der Waals surface area (Å²) in [5.41, 5.74) is 1.60. The number of amides is 1. The highest BCUT2D eigenvalue weighted by Gasteiger charge is 2.11. The Morgan fingerprint density at radius 3 is 2.79 bits per heavy atom. The van der Waals surface area contributed by atoms with Gasteiger partial charge in [0.15, 0.2) is 6.29 Å². The van der Waals surface area contributed by atoms with Crippen LogP contribution in [-0.4, -0.2) is 24.1 Å². The minimum atomic E-state index is 0.245. The summed E-state index contributed by atoms with van der Waals surface area (Å²) in [5.74, 6) is 0.416. The van der Waals surface area contributed by atoms with Crippen LogP contribution in [0.5, 0.6) is 0 Å². The molecule has 5 heteroatoms. The van der Waals surface area contributed by atoms with E-state index in [4.69, 9.17) is 10.00 Å². The van der Waals surface area contributed by atoms with E-state index in [2.05, 4.69) is 12.6 Å². The van der Waals surface area contributed by atoms with Crippen LogP contribution in [0.3, 0.4) is 0 Å². The van der Waals surface area contributed by atoms with Gasteiger partial charge >= 0.3 is 0 Å². The molecule has 0 aromatic rings. The number of ether oxygens (including phenoxy) is 1. The minimum Gasteiger partial charge on any atom is -0.465 e. The number of nitriles is 1. The third-order valence-electron chi connectivity index (χ3n) is 3.17. The van der Waals surface area contributed by atoms with E-state index < -0.39 is 0 Å². The molecule has 0 saturated heterocycles. The fraction of sp³-hybridized carbons (Fsp3) is 0.211. The summed E-state index contributed by atoms with van der Waals surface area (Å²) in [6.45, 7) is 5.70. The van der Waals surface area contributed by atoms with E-state index in [0.29, 0.717) is 36.9 Å². The molecule has 1 amide bonds. The van der Waals surface area contributed by atoms with Gasteiger partial charge in [0, 0.05) is 18.3 Å². The maximum Gasteiger partial charge on any atom is 0.213 e. The summed E-state index contributed by atoms with van der Waals surface area (Å²) in [7, 11) is 0. The molecule has 0 aromatic heterocycles. The molecule has 0 N–H and O–H groups in total. The van der Waals surface area contributed by atoms with Gasteiger partial charge in [0.25, 0.3) is 0 Å². The summed E-state index contributed by atoms with van der Waals surface area (Å²) < 4.78 is 5.28. The van der Waals surface area contributed by atoms with Gasteiger partial charge in [-0.2, -0.15) is 5.26 Å². The number of rotatable bonds is 9. The standard InChI is InChI=1S/C19H20N2O3/c1-3-7-17(10-16(4-2)11-20)12-21(15-23)13-18(14-22)19-8-5-6-9-24-19/h3-4,6,8-10,13-15H,1,5,7,12H2,2H3/b16-4+,17-10+,18-13+. The predicted molar refractivity (Wildman–Crippen MR) is 92.1 cm³/mol. The van der Waals surface area contributed by atoms with Gasteiger partial charge in [0.1, 0.15) is 5.76 Å². The smallest absolute Gasteiger partial charge is 0.213 e. The van der Waals surface area contributed by atoms with E-state index in [1.165, 1.54) is 17.4 Å². The van der Waals surface area contributed by atoms with E-state index in [1.54, 1.807) is 31.2 Å². The Bertz CT molecular complexity index is 673. The van der Waals surface area contributed by atoms with Crippen molar-refractivity contribution in [1.82, 2.24) is 4.90 Å². The van der Waals surface area contributed by atoms with Crippen LogP contribution in [0, 0.1) is 11.3 Å². The number of carbonyl (C=O) groups is 2. The first-order valence-corrected chi connectivity index (χ1v) is 7.45. The first kappa shape index (κ1) is 18.9. The van der Waals surface area contributed by atoms with Crippen molar-refractivity contribution in [2.45, 2.75) is 19.8 Å². The summed E-state index contributed by atoms with van der Waals surface area (Å²) in [5, 5.41) is 9.03. The molecular formula is C19H20N2O3. The van der Waals surface area contributed by atoms with Crippen LogP contribution in [-0.2, 0) is 14.3 Å². The topological polar surface area (TPSA) is 70.4 Å². The highest BCUT2D eigenvalue weighted by atomic mass is 16.5. The first-order chi connectivity index (χ1) is 11.7. The molecule has 0 saturated carbocycles. The van der Waals surface area contributed by atoms with Crippen LogP contribution in [0.1, 0.15) is 19.8 Å². The highest BCUT2D eigenvalue weighted by Crippen LogP contribution is 2.17. The van der Waals surface area contributed by atoms with E-state index in [-0.39, 0.29) is 12.1 Å². The molecule has 124 valence electrons. The van der Waals surface area contributed by atoms with Crippen LogP contribution in [0.25, 0.3) is 0 Å². The zero-order chi connectivity index (χ0) is 17.8. The lowest BCUT2D eigenvalue weighted by Crippen LogP contribution is -2.20. The van der Waals surface area contributed by atoms with Crippen LogP contribution in [0.15, 0.2) is 71.9 Å². The SMILES string of the molecule is C=CC/C(=C\C(C#N)=C/C)CN(C=O)/C=C(\C=O)C1=CCC=CO1. The van der Waals surface area contributed by atoms with Crippen molar-refractivity contribution in [3.63, 3.8) is 0 Å². The average Bonchev–Trinajstić information content (AvgIpc) is 2.63. The summed E-state index contributed by atoms with van der Waals surface area (Å²) in [6.07, 6.45) is 14.1. The van der Waals surface area contributed by atoms with E-state index in [9.17, 15) is 9.59 Å². The number of nitrogens with zero attached hydrogens (tertiary/aromatic N) is 2. The van der Waals surface area contributed by atoms with Gasteiger partial charge in [-0.05, 0) is 43.6 Å². The molecule has 0 spiro atoms. The molecule has 0 unspecified atom stereocenters. The summed E-state index contributed by atoms with van der Waals surface area (Å²) >= 11 is 0. The summed E-state index contributed by atoms with van der Waals surface area (Å²) in [4.78, 5) is 24.0. The Kier molecular flexibility index (Phi) is 8.33. The predicted octanol–water partition coefficient (Wildman–Crippen LogP) is 3.32. The van der Waals surface area contributed by atoms with Gasteiger partial charge in [0.2, 0.25) is 6.41 Å². The van der Waals surface area contributed by atoms with Crippen molar-refractivity contribution >= 4 is 12.7 Å². The Morgan fingerprint density at radius 1 is 1.50 bits per heavy atom. The molecule has 0 aliphatic carbocycles. The van der Waals surface area contributed by atoms with Crippen LogP contribution < -0.4 is 0 Å². The number of hydrogen-bond acceptors (Lipinski definition) is 4. The van der Waals surface area contributed by atoms with Gasteiger partial charge in [-0.25, -0.2) is 0 Å². The van der Waals surface area contributed by atoms with Crippen molar-refractivity contribution in [2.75, 3.05) is 6.54 Å². The molecular weight excluding hydrogens is 304 g/mol. The van der Waals surface area contributed by atoms with Gasteiger partial charge in [-0.15, -0.1) is 6.58 Å². The molecule has 0 bridgehead atoms. The monoisotopic (exact) mass is 324 g/mol. The third kappa shape index (κ3) is 5.93. The van der Waals surface area contributed by atoms with Crippen molar-refractivity contribution < 1.29 is 14.3 Å². The molecule has 0 fully saturated rings. The molecule has 1 aliphatic rings. The number of allylic oxidation sites excluding steroid dienone is 7. The van der Waals surface area contributed by atoms with Gasteiger partial charge in [-0.1, -0.05) is 12.2 Å². The van der Waals surface area contributed by atoms with Gasteiger partial charge < -0.3 is 9.64 Å². The second-order valence-corrected chi connectivity index (χ2v) is 4.92. The second kappa shape index (κ2) is 10.6. The Morgan fingerprint density at radius 2 is 2.29 bits per heavy atom. The Balaban J connectivity index is 3.01. The molecule has 5 nitrogen and oxygen atoms in total. The zero-order valence-corrected chi connectivity index (χ0v) is 13.6. The number of hydrogen-bond donors (Lipinski definition) is 0.